The van der Waals surface area contributed by atoms with E-state index in [2.05, 4.69) is 16.7 Å². The second kappa shape index (κ2) is 6.55. The van der Waals surface area contributed by atoms with E-state index in [4.69, 9.17) is 0 Å². The van der Waals surface area contributed by atoms with Crippen molar-refractivity contribution in [3.8, 4) is 0 Å². The van der Waals surface area contributed by atoms with Crippen molar-refractivity contribution in [2.45, 2.75) is 19.4 Å². The molecule has 0 saturated heterocycles. The van der Waals surface area contributed by atoms with Crippen molar-refractivity contribution in [1.29, 1.82) is 0 Å². The second-order valence-corrected chi connectivity index (χ2v) is 5.40. The molecular weight excluding hydrogens is 260 g/mol. The molecule has 2 N–H and O–H groups in total. The van der Waals surface area contributed by atoms with Crippen LogP contribution in [0.4, 0.5) is 0 Å². The van der Waals surface area contributed by atoms with Crippen molar-refractivity contribution in [1.82, 2.24) is 10.6 Å². The maximum absolute atomic E-state index is 12.3. The van der Waals surface area contributed by atoms with Gasteiger partial charge in [-0.25, -0.2) is 0 Å². The maximum Gasteiger partial charge on any atom is 0.251 e. The first-order valence-corrected chi connectivity index (χ1v) is 7.47. The van der Waals surface area contributed by atoms with Crippen LogP contribution in [0.25, 0.3) is 0 Å². The molecule has 2 aromatic rings. The molecule has 0 radical (unpaired) electrons. The molecule has 0 aromatic heterocycles. The number of rotatable bonds is 3. The molecule has 0 saturated carbocycles. The topological polar surface area (TPSA) is 41.1 Å². The van der Waals surface area contributed by atoms with Gasteiger partial charge in [-0.3, -0.25) is 4.79 Å². The predicted octanol–water partition coefficient (Wildman–Crippen LogP) is 2.30. The van der Waals surface area contributed by atoms with E-state index in [0.717, 1.165) is 37.1 Å². The summed E-state index contributed by atoms with van der Waals surface area (Å²) in [6.07, 6.45) is 2.04. The Bertz CT molecular complexity index is 622. The SMILES string of the molecule is O=C(NCc1ccccc1)c1ccc2c(c1)CCNCC2. The summed E-state index contributed by atoms with van der Waals surface area (Å²) < 4.78 is 0. The summed E-state index contributed by atoms with van der Waals surface area (Å²) in [6.45, 7) is 2.58. The third-order valence-corrected chi connectivity index (χ3v) is 3.91. The lowest BCUT2D eigenvalue weighted by atomic mass is 10.00. The van der Waals surface area contributed by atoms with Crippen LogP contribution in [0, 0.1) is 0 Å². The lowest BCUT2D eigenvalue weighted by Gasteiger charge is -2.09. The molecule has 0 spiro atoms. The Kier molecular flexibility index (Phi) is 4.31. The van der Waals surface area contributed by atoms with E-state index in [1.807, 2.05) is 42.5 Å². The standard InChI is InChI=1S/C18H20N2O/c21-18(20-13-14-4-2-1-3-5-14)17-7-6-15-8-10-19-11-9-16(15)12-17/h1-7,12,19H,8-11,13H2,(H,20,21). The Labute approximate surface area is 125 Å². The minimum Gasteiger partial charge on any atom is -0.348 e. The van der Waals surface area contributed by atoms with Gasteiger partial charge >= 0.3 is 0 Å². The molecule has 0 fully saturated rings. The van der Waals surface area contributed by atoms with Crippen LogP contribution in [0.5, 0.6) is 0 Å². The quantitative estimate of drug-likeness (QED) is 0.906. The van der Waals surface area contributed by atoms with Crippen LogP contribution in [0.3, 0.4) is 0 Å². The van der Waals surface area contributed by atoms with E-state index in [0.29, 0.717) is 6.54 Å². The van der Waals surface area contributed by atoms with Crippen LogP contribution >= 0.6 is 0 Å². The van der Waals surface area contributed by atoms with E-state index in [1.165, 1.54) is 11.1 Å². The molecule has 1 amide bonds. The number of nitrogens with one attached hydrogen (secondary N) is 2. The van der Waals surface area contributed by atoms with Crippen LogP contribution in [0.1, 0.15) is 27.0 Å². The molecule has 21 heavy (non-hydrogen) atoms. The minimum absolute atomic E-state index is 0.00106. The van der Waals surface area contributed by atoms with Gasteiger partial charge in [-0.1, -0.05) is 36.4 Å². The van der Waals surface area contributed by atoms with Gasteiger partial charge in [0.2, 0.25) is 0 Å². The first kappa shape index (κ1) is 13.8. The van der Waals surface area contributed by atoms with Gasteiger partial charge in [0.25, 0.3) is 5.91 Å². The molecular formula is C18H20N2O. The molecule has 1 aliphatic rings. The number of carbonyl (C=O) groups is 1. The molecule has 0 atom stereocenters. The molecule has 0 unspecified atom stereocenters. The second-order valence-electron chi connectivity index (χ2n) is 5.40. The summed E-state index contributed by atoms with van der Waals surface area (Å²) in [6, 6.07) is 16.1. The van der Waals surface area contributed by atoms with Crippen molar-refractivity contribution in [3.63, 3.8) is 0 Å². The number of hydrogen-bond acceptors (Lipinski definition) is 2. The van der Waals surface area contributed by atoms with Gasteiger partial charge in [0, 0.05) is 12.1 Å². The van der Waals surface area contributed by atoms with E-state index in [1.54, 1.807) is 0 Å². The number of amides is 1. The summed E-state index contributed by atoms with van der Waals surface area (Å²) in [5.41, 5.74) is 4.53. The van der Waals surface area contributed by atoms with E-state index < -0.39 is 0 Å². The summed E-state index contributed by atoms with van der Waals surface area (Å²) >= 11 is 0. The van der Waals surface area contributed by atoms with E-state index >= 15 is 0 Å². The molecule has 1 heterocycles. The Morgan fingerprint density at radius 1 is 1.00 bits per heavy atom. The smallest absolute Gasteiger partial charge is 0.251 e. The monoisotopic (exact) mass is 280 g/mol. The van der Waals surface area contributed by atoms with Gasteiger partial charge in [-0.05, 0) is 54.8 Å². The minimum atomic E-state index is -0.00106. The molecule has 1 aliphatic heterocycles. The Morgan fingerprint density at radius 2 is 1.76 bits per heavy atom. The van der Waals surface area contributed by atoms with Crippen molar-refractivity contribution < 1.29 is 4.79 Å². The molecule has 0 aliphatic carbocycles. The lowest BCUT2D eigenvalue weighted by Crippen LogP contribution is -2.23. The van der Waals surface area contributed by atoms with Crippen molar-refractivity contribution in [2.24, 2.45) is 0 Å². The zero-order valence-corrected chi connectivity index (χ0v) is 12.1. The molecule has 3 nitrogen and oxygen atoms in total. The van der Waals surface area contributed by atoms with Gasteiger partial charge in [0.05, 0.1) is 0 Å². The summed E-state index contributed by atoms with van der Waals surface area (Å²) in [4.78, 5) is 12.3. The average molecular weight is 280 g/mol. The van der Waals surface area contributed by atoms with Gasteiger partial charge in [0.15, 0.2) is 0 Å². The van der Waals surface area contributed by atoms with E-state index in [-0.39, 0.29) is 5.91 Å². The van der Waals surface area contributed by atoms with Gasteiger partial charge in [-0.2, -0.15) is 0 Å². The van der Waals surface area contributed by atoms with Gasteiger partial charge in [0.1, 0.15) is 0 Å². The zero-order valence-electron chi connectivity index (χ0n) is 12.1. The number of hydrogen-bond donors (Lipinski definition) is 2. The summed E-state index contributed by atoms with van der Waals surface area (Å²) in [7, 11) is 0. The molecule has 3 heteroatoms. The number of fused-ring (bicyclic) bond motifs is 1. The maximum atomic E-state index is 12.3. The fraction of sp³-hybridized carbons (Fsp3) is 0.278. The highest BCUT2D eigenvalue weighted by molar-refractivity contribution is 5.94. The highest BCUT2D eigenvalue weighted by Crippen LogP contribution is 2.15. The Morgan fingerprint density at radius 3 is 2.57 bits per heavy atom. The lowest BCUT2D eigenvalue weighted by molar-refractivity contribution is 0.0951. The third-order valence-electron chi connectivity index (χ3n) is 3.91. The first-order valence-electron chi connectivity index (χ1n) is 7.47. The molecule has 108 valence electrons. The normalized spacial score (nSPS) is 14.1. The summed E-state index contributed by atoms with van der Waals surface area (Å²) in [5.74, 6) is -0.00106. The van der Waals surface area contributed by atoms with Crippen LogP contribution in [-0.2, 0) is 19.4 Å². The third kappa shape index (κ3) is 3.50. The molecule has 3 rings (SSSR count). The zero-order chi connectivity index (χ0) is 14.5. The Hall–Kier alpha value is -2.13. The van der Waals surface area contributed by atoms with Crippen LogP contribution < -0.4 is 10.6 Å². The van der Waals surface area contributed by atoms with Crippen LogP contribution in [0.2, 0.25) is 0 Å². The van der Waals surface area contributed by atoms with Crippen LogP contribution in [0.15, 0.2) is 48.5 Å². The first-order chi connectivity index (χ1) is 10.3. The highest BCUT2D eigenvalue weighted by atomic mass is 16.1. The Balaban J connectivity index is 1.68. The van der Waals surface area contributed by atoms with Crippen molar-refractivity contribution >= 4 is 5.91 Å². The molecule has 2 aromatic carbocycles. The van der Waals surface area contributed by atoms with Crippen LogP contribution in [-0.4, -0.2) is 19.0 Å². The largest absolute Gasteiger partial charge is 0.348 e. The fourth-order valence-corrected chi connectivity index (χ4v) is 2.70. The molecule has 0 bridgehead atoms. The predicted molar refractivity (Wildman–Crippen MR) is 84.3 cm³/mol. The fourth-order valence-electron chi connectivity index (χ4n) is 2.70. The van der Waals surface area contributed by atoms with Crippen molar-refractivity contribution in [3.05, 3.63) is 70.8 Å². The highest BCUT2D eigenvalue weighted by Gasteiger charge is 2.11. The summed E-state index contributed by atoms with van der Waals surface area (Å²) in [5, 5.41) is 6.37. The number of benzene rings is 2. The van der Waals surface area contributed by atoms with Gasteiger partial charge < -0.3 is 10.6 Å². The number of carbonyl (C=O) groups excluding carboxylic acids is 1. The average Bonchev–Trinajstić information content (AvgIpc) is 2.78. The van der Waals surface area contributed by atoms with Crippen molar-refractivity contribution in [2.75, 3.05) is 13.1 Å². The van der Waals surface area contributed by atoms with Gasteiger partial charge in [-0.15, -0.1) is 0 Å². The van der Waals surface area contributed by atoms with E-state index in [9.17, 15) is 4.79 Å².